The number of aryl methyl sites for hydroxylation is 2. The van der Waals surface area contributed by atoms with Gasteiger partial charge in [-0.05, 0) is 37.1 Å². The van der Waals surface area contributed by atoms with E-state index >= 15 is 0 Å². The fourth-order valence-corrected chi connectivity index (χ4v) is 2.15. The number of benzene rings is 1. The van der Waals surface area contributed by atoms with Gasteiger partial charge in [0, 0.05) is 12.4 Å². The first-order chi connectivity index (χ1) is 9.91. The minimum atomic E-state index is -1.59. The van der Waals surface area contributed by atoms with E-state index in [9.17, 15) is 18.0 Å². The molecule has 0 aliphatic heterocycles. The van der Waals surface area contributed by atoms with Gasteiger partial charge in [0.1, 0.15) is 5.82 Å². The summed E-state index contributed by atoms with van der Waals surface area (Å²) in [5, 5.41) is 0. The molecule has 0 spiro atoms. The second-order valence-corrected chi connectivity index (χ2v) is 4.73. The van der Waals surface area contributed by atoms with Crippen molar-refractivity contribution in [1.82, 2.24) is 14.0 Å². The normalized spacial score (nSPS) is 11.3. The summed E-state index contributed by atoms with van der Waals surface area (Å²) in [5.74, 6) is -3.84. The van der Waals surface area contributed by atoms with Crippen molar-refractivity contribution in [2.45, 2.75) is 13.8 Å². The fourth-order valence-electron chi connectivity index (χ4n) is 2.15. The molecule has 0 amide bonds. The third kappa shape index (κ3) is 1.84. The molecule has 3 aromatic rings. The molecule has 0 saturated carbocycles. The fraction of sp³-hybridized carbons (Fsp3) is 0.143. The number of imidazole rings is 1. The average Bonchev–Trinajstić information content (AvgIpc) is 2.91. The molecular formula is C14H10F3N3O. The van der Waals surface area contributed by atoms with Gasteiger partial charge in [0.25, 0.3) is 5.56 Å². The molecule has 3 rings (SSSR count). The summed E-state index contributed by atoms with van der Waals surface area (Å²) in [5.41, 5.74) is -0.0504. The van der Waals surface area contributed by atoms with Crippen molar-refractivity contribution in [2.75, 3.05) is 0 Å². The molecule has 0 aliphatic rings. The van der Waals surface area contributed by atoms with Gasteiger partial charge in [0.05, 0.1) is 5.69 Å². The minimum absolute atomic E-state index is 0.168. The predicted molar refractivity (Wildman–Crippen MR) is 70.1 cm³/mol. The van der Waals surface area contributed by atoms with Gasteiger partial charge in [0.2, 0.25) is 17.5 Å². The lowest BCUT2D eigenvalue weighted by atomic mass is 10.1. The Bertz CT molecular complexity index is 927. The summed E-state index contributed by atoms with van der Waals surface area (Å²) < 4.78 is 43.0. The molecule has 108 valence electrons. The van der Waals surface area contributed by atoms with Crippen LogP contribution < -0.4 is 5.56 Å². The van der Waals surface area contributed by atoms with Crippen molar-refractivity contribution in [1.29, 1.82) is 0 Å². The van der Waals surface area contributed by atoms with Gasteiger partial charge in [-0.15, -0.1) is 0 Å². The van der Waals surface area contributed by atoms with Crippen LogP contribution in [0.2, 0.25) is 0 Å². The molecule has 2 heterocycles. The number of hydrogen-bond acceptors (Lipinski definition) is 2. The Kier molecular flexibility index (Phi) is 2.86. The van der Waals surface area contributed by atoms with Crippen LogP contribution in [-0.4, -0.2) is 14.0 Å². The zero-order valence-electron chi connectivity index (χ0n) is 11.2. The van der Waals surface area contributed by atoms with Crippen LogP contribution in [0.4, 0.5) is 13.2 Å². The lowest BCUT2D eigenvalue weighted by molar-refractivity contribution is 0.450. The molecule has 0 atom stereocenters. The van der Waals surface area contributed by atoms with E-state index in [-0.39, 0.29) is 11.5 Å². The first kappa shape index (κ1) is 13.4. The number of halogens is 3. The molecule has 7 heteroatoms. The van der Waals surface area contributed by atoms with E-state index < -0.39 is 23.1 Å². The van der Waals surface area contributed by atoms with E-state index in [2.05, 4.69) is 4.98 Å². The molecule has 0 fully saturated rings. The van der Waals surface area contributed by atoms with Crippen molar-refractivity contribution in [3.05, 3.63) is 63.6 Å². The lowest BCUT2D eigenvalue weighted by Crippen LogP contribution is -2.27. The van der Waals surface area contributed by atoms with Crippen LogP contribution in [0.15, 0.2) is 29.3 Å². The molecule has 2 aromatic heterocycles. The van der Waals surface area contributed by atoms with Crippen LogP contribution in [0.5, 0.6) is 0 Å². The Morgan fingerprint density at radius 2 is 1.76 bits per heavy atom. The van der Waals surface area contributed by atoms with Crippen LogP contribution in [0.25, 0.3) is 11.5 Å². The summed E-state index contributed by atoms with van der Waals surface area (Å²) in [6.45, 7) is 3.44. The van der Waals surface area contributed by atoms with Gasteiger partial charge >= 0.3 is 0 Å². The molecule has 21 heavy (non-hydrogen) atoms. The first-order valence-corrected chi connectivity index (χ1v) is 6.12. The molecule has 1 aromatic carbocycles. The van der Waals surface area contributed by atoms with Gasteiger partial charge in [-0.25, -0.2) is 13.9 Å². The molecule has 4 nitrogen and oxygen atoms in total. The zero-order chi connectivity index (χ0) is 15.3. The Balaban J connectivity index is 2.49. The van der Waals surface area contributed by atoms with Gasteiger partial charge in [-0.3, -0.25) is 9.20 Å². The highest BCUT2D eigenvalue weighted by Gasteiger charge is 2.20. The van der Waals surface area contributed by atoms with Crippen LogP contribution >= 0.6 is 0 Å². The second-order valence-electron chi connectivity index (χ2n) is 4.73. The monoisotopic (exact) mass is 293 g/mol. The highest BCUT2D eigenvalue weighted by Crippen LogP contribution is 2.20. The smallest absolute Gasteiger partial charge is 0.265 e. The number of fused-ring (bicyclic) bond motifs is 1. The number of nitrogens with zero attached hydrogens (tertiary/aromatic N) is 3. The summed E-state index contributed by atoms with van der Waals surface area (Å²) in [6, 6.07) is 2.63. The van der Waals surface area contributed by atoms with Crippen molar-refractivity contribution < 1.29 is 13.2 Å². The Labute approximate surface area is 117 Å². The van der Waals surface area contributed by atoms with E-state index in [0.29, 0.717) is 11.1 Å². The van der Waals surface area contributed by atoms with Crippen LogP contribution in [-0.2, 0) is 0 Å². The topological polar surface area (TPSA) is 39.3 Å². The summed E-state index contributed by atoms with van der Waals surface area (Å²) in [7, 11) is 0. The van der Waals surface area contributed by atoms with E-state index in [1.54, 1.807) is 13.8 Å². The molecule has 0 saturated heterocycles. The van der Waals surface area contributed by atoms with Gasteiger partial charge in [0.15, 0.2) is 0 Å². The van der Waals surface area contributed by atoms with Crippen molar-refractivity contribution in [3.8, 4) is 5.69 Å². The van der Waals surface area contributed by atoms with E-state index in [1.165, 1.54) is 18.3 Å². The third-order valence-corrected chi connectivity index (χ3v) is 3.41. The highest BCUT2D eigenvalue weighted by molar-refractivity contribution is 5.48. The summed E-state index contributed by atoms with van der Waals surface area (Å²) >= 11 is 0. The SMILES string of the molecule is Cc1cc(F)c(-n2c(=O)c(F)c(F)n3ccnc23)cc1C. The minimum Gasteiger partial charge on any atom is -0.265 e. The van der Waals surface area contributed by atoms with E-state index in [4.69, 9.17) is 0 Å². The molecule has 0 bridgehead atoms. The maximum atomic E-state index is 14.1. The number of hydrogen-bond donors (Lipinski definition) is 0. The Morgan fingerprint density at radius 3 is 2.48 bits per heavy atom. The van der Waals surface area contributed by atoms with Crippen molar-refractivity contribution in [3.63, 3.8) is 0 Å². The molecule has 0 radical (unpaired) electrons. The third-order valence-electron chi connectivity index (χ3n) is 3.41. The van der Waals surface area contributed by atoms with Crippen LogP contribution in [0, 0.1) is 31.4 Å². The highest BCUT2D eigenvalue weighted by atomic mass is 19.2. The zero-order valence-corrected chi connectivity index (χ0v) is 11.2. The largest absolute Gasteiger partial charge is 0.298 e. The van der Waals surface area contributed by atoms with Crippen molar-refractivity contribution >= 4 is 5.78 Å². The Hall–Kier alpha value is -2.57. The maximum Gasteiger partial charge on any atom is 0.298 e. The molecule has 0 N–H and O–H groups in total. The van der Waals surface area contributed by atoms with Crippen molar-refractivity contribution in [2.24, 2.45) is 0 Å². The van der Waals surface area contributed by atoms with E-state index in [0.717, 1.165) is 15.2 Å². The average molecular weight is 293 g/mol. The molecule has 0 unspecified atom stereocenters. The Morgan fingerprint density at radius 1 is 1.10 bits per heavy atom. The maximum absolute atomic E-state index is 14.1. The van der Waals surface area contributed by atoms with Crippen LogP contribution in [0.1, 0.15) is 11.1 Å². The quantitative estimate of drug-likeness (QED) is 0.647. The second kappa shape index (κ2) is 4.47. The molecule has 0 aliphatic carbocycles. The van der Waals surface area contributed by atoms with Crippen LogP contribution in [0.3, 0.4) is 0 Å². The van der Waals surface area contributed by atoms with Gasteiger partial charge in [-0.1, -0.05) is 0 Å². The lowest BCUT2D eigenvalue weighted by Gasteiger charge is -2.12. The predicted octanol–water partition coefficient (Wildman–Crippen LogP) is 2.52. The molecular weight excluding hydrogens is 283 g/mol. The number of aromatic nitrogens is 3. The van der Waals surface area contributed by atoms with E-state index in [1.807, 2.05) is 0 Å². The van der Waals surface area contributed by atoms with Gasteiger partial charge in [-0.2, -0.15) is 8.78 Å². The number of rotatable bonds is 1. The standard InChI is InChI=1S/C14H10F3N3O/c1-7-5-9(15)10(6-8(7)2)20-13(21)11(16)12(17)19-4-3-18-14(19)20/h3-6H,1-2H3. The summed E-state index contributed by atoms with van der Waals surface area (Å²) in [4.78, 5) is 15.8. The first-order valence-electron chi connectivity index (χ1n) is 6.12. The van der Waals surface area contributed by atoms with Gasteiger partial charge < -0.3 is 0 Å². The summed E-state index contributed by atoms with van der Waals surface area (Å²) in [6.07, 6.45) is 2.36.